The van der Waals surface area contributed by atoms with Crippen LogP contribution >= 0.6 is 0 Å². The summed E-state index contributed by atoms with van der Waals surface area (Å²) in [5.74, 6) is 0. The molecule has 1 aromatic rings. The van der Waals surface area contributed by atoms with E-state index in [-0.39, 0.29) is 0 Å². The molecule has 0 aliphatic rings. The Morgan fingerprint density at radius 1 is 0.432 bits per heavy atom. The van der Waals surface area contributed by atoms with Crippen LogP contribution in [0.5, 0.6) is 0 Å². The van der Waals surface area contributed by atoms with Crippen molar-refractivity contribution in [2.45, 2.75) is 152 Å². The molecule has 37 heavy (non-hydrogen) atoms. The average Bonchev–Trinajstić information content (AvgIpc) is 2.43. The van der Waals surface area contributed by atoms with E-state index in [0.717, 1.165) is 10.3 Å². The molecule has 0 bridgehead atoms. The lowest BCUT2D eigenvalue weighted by Gasteiger charge is -2.60. The minimum atomic E-state index is -1.59. The van der Waals surface area contributed by atoms with E-state index in [1.165, 1.54) is 0 Å². The molecule has 0 atom stereocenters. The summed E-state index contributed by atoms with van der Waals surface area (Å²) in [5, 5.41) is 1.48. The minimum Gasteiger partial charge on any atom is -0.0693 e. The van der Waals surface area contributed by atoms with Gasteiger partial charge in [0.2, 0.25) is 0 Å². The van der Waals surface area contributed by atoms with Gasteiger partial charge in [-0.15, -0.1) is 0 Å². The van der Waals surface area contributed by atoms with Gasteiger partial charge >= 0.3 is 0 Å². The van der Waals surface area contributed by atoms with Gasteiger partial charge in [-0.1, -0.05) is 150 Å². The van der Waals surface area contributed by atoms with Crippen LogP contribution in [0.2, 0.25) is 137 Å². The van der Waals surface area contributed by atoms with Gasteiger partial charge in [0.1, 0.15) is 0 Å². The first-order valence-corrected chi connectivity index (χ1v) is 39.7. The van der Waals surface area contributed by atoms with Crippen molar-refractivity contribution in [3.8, 4) is 0 Å². The third-order valence-corrected chi connectivity index (χ3v) is 48.5. The van der Waals surface area contributed by atoms with Gasteiger partial charge < -0.3 is 0 Å². The monoisotopic (exact) mass is 623 g/mol. The van der Waals surface area contributed by atoms with Gasteiger partial charge in [-0.05, 0) is 37.4 Å². The first-order valence-electron chi connectivity index (χ1n) is 14.9. The molecular weight excluding hydrogens is 557 g/mol. The lowest BCUT2D eigenvalue weighted by molar-refractivity contribution is 0.989. The van der Waals surface area contributed by atoms with Crippen molar-refractivity contribution in [1.82, 2.24) is 0 Å². The fourth-order valence-electron chi connectivity index (χ4n) is 10.3. The van der Waals surface area contributed by atoms with Gasteiger partial charge in [-0.25, -0.2) is 0 Å². The summed E-state index contributed by atoms with van der Waals surface area (Å²) in [6.07, 6.45) is 0. The number of rotatable bonds is 10. The molecule has 0 aromatic heterocycles. The molecule has 0 spiro atoms. The highest BCUT2D eigenvalue weighted by Gasteiger charge is 2.61. The van der Waals surface area contributed by atoms with Crippen LogP contribution in [0.4, 0.5) is 0 Å². The largest absolute Gasteiger partial charge is 0.0693 e. The molecule has 0 saturated heterocycles. The highest BCUT2D eigenvalue weighted by atomic mass is 28.5. The molecule has 0 heterocycles. The SMILES string of the molecule is C[Si](C)(C)C(c1[c]c(C([Si](C)(C)C)[Si](C)(C)C)cc(C([Si](C)(C)C)([Si](C)(C)C)[Si](C)(C)C)c1)[Si](C)(C)C. The minimum absolute atomic E-state index is 0.415. The maximum Gasteiger partial charge on any atom is 0.0499 e. The molecule has 0 N–H and O–H groups in total. The second kappa shape index (κ2) is 10.5. The molecule has 7 heteroatoms. The van der Waals surface area contributed by atoms with Gasteiger partial charge in [0.15, 0.2) is 0 Å². The molecular formula is C30H67Si7. The fourth-order valence-corrected chi connectivity index (χ4v) is 65.5. The highest BCUT2D eigenvalue weighted by Crippen LogP contribution is 2.51. The van der Waals surface area contributed by atoms with Crippen LogP contribution in [-0.4, -0.2) is 56.5 Å². The summed E-state index contributed by atoms with van der Waals surface area (Å²) in [7, 11) is -10.6. The van der Waals surface area contributed by atoms with E-state index < -0.39 is 56.5 Å². The van der Waals surface area contributed by atoms with Crippen LogP contribution in [0.3, 0.4) is 0 Å². The number of benzene rings is 1. The van der Waals surface area contributed by atoms with Crippen molar-refractivity contribution >= 4 is 56.5 Å². The Labute approximate surface area is 242 Å². The Morgan fingerprint density at radius 3 is 0.811 bits per heavy atom. The Morgan fingerprint density at radius 2 is 0.649 bits per heavy atom. The number of hydrogen-bond donors (Lipinski definition) is 0. The van der Waals surface area contributed by atoms with E-state index in [9.17, 15) is 0 Å². The predicted octanol–water partition coefficient (Wildman–Crippen LogP) is 11.0. The van der Waals surface area contributed by atoms with E-state index in [0.29, 0.717) is 4.28 Å². The van der Waals surface area contributed by atoms with E-state index in [1.807, 2.05) is 0 Å². The normalized spacial score (nSPS) is 15.6. The van der Waals surface area contributed by atoms with E-state index in [4.69, 9.17) is 0 Å². The summed E-state index contributed by atoms with van der Waals surface area (Å²) in [4.78, 5) is 0. The van der Waals surface area contributed by atoms with Crippen LogP contribution < -0.4 is 0 Å². The van der Waals surface area contributed by atoms with Crippen molar-refractivity contribution in [3.63, 3.8) is 0 Å². The molecule has 0 aliphatic heterocycles. The first kappa shape index (κ1) is 35.8. The Hall–Kier alpha value is 0.738. The maximum atomic E-state index is 4.32. The zero-order valence-electron chi connectivity index (χ0n) is 29.3. The lowest BCUT2D eigenvalue weighted by atomic mass is 10.1. The predicted molar refractivity (Wildman–Crippen MR) is 196 cm³/mol. The van der Waals surface area contributed by atoms with Gasteiger partial charge in [0.25, 0.3) is 0 Å². The fraction of sp³-hybridized carbons (Fsp3) is 0.800. The Balaban J connectivity index is 4.55. The van der Waals surface area contributed by atoms with E-state index in [1.54, 1.807) is 16.7 Å². The van der Waals surface area contributed by atoms with Gasteiger partial charge in [-0.3, -0.25) is 0 Å². The van der Waals surface area contributed by atoms with E-state index in [2.05, 4.69) is 156 Å². The van der Waals surface area contributed by atoms with Crippen molar-refractivity contribution in [1.29, 1.82) is 0 Å². The molecule has 1 radical (unpaired) electrons. The summed E-state index contributed by atoms with van der Waals surface area (Å²) in [5.41, 5.74) is 5.04. The first-order chi connectivity index (χ1) is 15.8. The standard InChI is InChI=1S/C30H67Si7/c1-31(2,3)28(32(4,5)6)25-22-26(29(33(7,8)9)34(10,11)12)24-27(23-25)30(35(13,14)15,36(16,17)18)37(19,20)21/h23-24,28-29H,1-21H3. The van der Waals surface area contributed by atoms with Gasteiger partial charge in [0, 0.05) is 56.5 Å². The zero-order chi connectivity index (χ0) is 30.0. The summed E-state index contributed by atoms with van der Waals surface area (Å²) in [6.45, 7) is 56.0. The van der Waals surface area contributed by atoms with Crippen molar-refractivity contribution in [2.24, 2.45) is 0 Å². The molecule has 0 aliphatic carbocycles. The quantitative estimate of drug-likeness (QED) is 0.227. The third-order valence-electron chi connectivity index (χ3n) is 8.80. The molecule has 0 saturated carbocycles. The summed E-state index contributed by atoms with van der Waals surface area (Å²) >= 11 is 0. The van der Waals surface area contributed by atoms with Crippen LogP contribution in [0.1, 0.15) is 27.0 Å². The summed E-state index contributed by atoms with van der Waals surface area (Å²) < 4.78 is 0.415. The summed E-state index contributed by atoms with van der Waals surface area (Å²) in [6, 6.07) is 9.92. The smallest absolute Gasteiger partial charge is 0.0499 e. The van der Waals surface area contributed by atoms with Crippen molar-refractivity contribution in [2.75, 3.05) is 0 Å². The molecule has 1 rings (SSSR count). The van der Waals surface area contributed by atoms with Gasteiger partial charge in [-0.2, -0.15) is 0 Å². The Kier molecular flexibility index (Phi) is 10.2. The topological polar surface area (TPSA) is 0 Å². The molecule has 0 amide bonds. The average molecular weight is 624 g/mol. The Bertz CT molecular complexity index is 817. The molecule has 0 nitrogen and oxygen atoms in total. The molecule has 0 unspecified atom stereocenters. The van der Waals surface area contributed by atoms with Crippen LogP contribution in [-0.2, 0) is 4.28 Å². The van der Waals surface area contributed by atoms with Crippen molar-refractivity contribution < 1.29 is 0 Å². The maximum absolute atomic E-state index is 4.32. The van der Waals surface area contributed by atoms with Crippen LogP contribution in [0, 0.1) is 6.07 Å². The number of hydrogen-bond acceptors (Lipinski definition) is 0. The molecule has 0 fully saturated rings. The van der Waals surface area contributed by atoms with Crippen molar-refractivity contribution in [3.05, 3.63) is 34.9 Å². The van der Waals surface area contributed by atoms with Crippen LogP contribution in [0.15, 0.2) is 12.1 Å². The molecule has 215 valence electrons. The second-order valence-electron chi connectivity index (χ2n) is 19.6. The highest BCUT2D eigenvalue weighted by molar-refractivity contribution is 7.14. The van der Waals surface area contributed by atoms with Gasteiger partial charge in [0.05, 0.1) is 0 Å². The van der Waals surface area contributed by atoms with Crippen LogP contribution in [0.25, 0.3) is 0 Å². The lowest BCUT2D eigenvalue weighted by Crippen LogP contribution is -2.74. The second-order valence-corrected chi connectivity index (χ2v) is 59.3. The molecule has 1 aromatic carbocycles. The zero-order valence-corrected chi connectivity index (χ0v) is 36.3. The van der Waals surface area contributed by atoms with E-state index >= 15 is 0 Å². The third kappa shape index (κ3) is 7.34.